The lowest BCUT2D eigenvalue weighted by Crippen LogP contribution is -2.47. The van der Waals surface area contributed by atoms with E-state index in [0.29, 0.717) is 35.0 Å². The highest BCUT2D eigenvalue weighted by Gasteiger charge is 2.31. The number of likely N-dealkylation sites (tertiary alicyclic amines) is 2. The maximum atomic E-state index is 12.8. The Kier molecular flexibility index (Phi) is 7.72. The minimum absolute atomic E-state index is 0.00752. The van der Waals surface area contributed by atoms with Crippen LogP contribution in [0.25, 0.3) is 33.0 Å². The predicted octanol–water partition coefficient (Wildman–Crippen LogP) is 4.79. The van der Waals surface area contributed by atoms with E-state index >= 15 is 0 Å². The van der Waals surface area contributed by atoms with Crippen LogP contribution in [0.5, 0.6) is 5.75 Å². The van der Waals surface area contributed by atoms with E-state index in [2.05, 4.69) is 31.4 Å². The molecule has 8 rings (SSSR count). The number of aromatic nitrogens is 5. The van der Waals surface area contributed by atoms with Crippen LogP contribution in [0.2, 0.25) is 0 Å². The number of pyridine rings is 3. The van der Waals surface area contributed by atoms with Crippen molar-refractivity contribution >= 4 is 34.2 Å². The maximum absolute atomic E-state index is 12.8. The molecule has 2 amide bonds. The topological polar surface area (TPSA) is 144 Å². The minimum atomic E-state index is -0.00752. The molecule has 6 heterocycles. The molecule has 12 nitrogen and oxygen atoms in total. The molecule has 1 aliphatic carbocycles. The van der Waals surface area contributed by atoms with E-state index in [9.17, 15) is 9.59 Å². The molecule has 2 saturated heterocycles. The Hall–Kier alpha value is -5.36. The molecule has 0 radical (unpaired) electrons. The summed E-state index contributed by atoms with van der Waals surface area (Å²) in [6.07, 6.45) is 11.3. The third kappa shape index (κ3) is 5.72. The number of benzene rings is 1. The van der Waals surface area contributed by atoms with E-state index in [-0.39, 0.29) is 23.8 Å². The highest BCUT2D eigenvalue weighted by molar-refractivity contribution is 6.05. The molecule has 2 aliphatic heterocycles. The molecule has 48 heavy (non-hydrogen) atoms. The van der Waals surface area contributed by atoms with Crippen LogP contribution in [-0.4, -0.2) is 79.6 Å². The number of anilines is 2. The van der Waals surface area contributed by atoms with Crippen LogP contribution in [-0.2, 0) is 11.3 Å². The average molecular weight is 644 g/mol. The molecule has 3 N–H and O–H groups in total. The Morgan fingerprint density at radius 1 is 0.958 bits per heavy atom. The molecule has 5 aromatic rings. The largest absolute Gasteiger partial charge is 0.495 e. The average Bonchev–Trinajstić information content (AvgIpc) is 3.58. The van der Waals surface area contributed by atoms with Crippen molar-refractivity contribution in [1.82, 2.24) is 34.5 Å². The maximum Gasteiger partial charge on any atom is 0.272 e. The summed E-state index contributed by atoms with van der Waals surface area (Å²) in [5, 5.41) is 9.19. The molecule has 3 fully saturated rings. The number of hydrogen-bond donors (Lipinski definition) is 2. The van der Waals surface area contributed by atoms with Gasteiger partial charge in [-0.2, -0.15) is 5.10 Å². The molecule has 0 spiro atoms. The van der Waals surface area contributed by atoms with E-state index in [0.717, 1.165) is 85.2 Å². The predicted molar refractivity (Wildman–Crippen MR) is 182 cm³/mol. The van der Waals surface area contributed by atoms with Crippen LogP contribution >= 0.6 is 0 Å². The summed E-state index contributed by atoms with van der Waals surface area (Å²) in [5.41, 5.74) is 11.2. The number of ether oxygens (including phenoxy) is 1. The summed E-state index contributed by atoms with van der Waals surface area (Å²) in [4.78, 5) is 43.0. The summed E-state index contributed by atoms with van der Waals surface area (Å²) in [5.74, 6) is 1.62. The quantitative estimate of drug-likeness (QED) is 0.232. The van der Waals surface area contributed by atoms with Crippen LogP contribution in [0.3, 0.4) is 0 Å². The Balaban J connectivity index is 1.00. The third-order valence-corrected chi connectivity index (χ3v) is 9.54. The van der Waals surface area contributed by atoms with E-state index in [1.54, 1.807) is 19.5 Å². The van der Waals surface area contributed by atoms with E-state index in [4.69, 9.17) is 15.6 Å². The SMILES string of the molecule is COc1c(-c2cnn(C3CN(Cc4cccc(C(=O)N5CCCC5)n4)C3)c2)cccc1-c1cnc(N)c2cnc(NC(=O)C3CC3)cc12. The van der Waals surface area contributed by atoms with Crippen molar-refractivity contribution in [3.05, 3.63) is 78.6 Å². The lowest BCUT2D eigenvalue weighted by atomic mass is 9.96. The van der Waals surface area contributed by atoms with Crippen LogP contribution < -0.4 is 15.8 Å². The van der Waals surface area contributed by atoms with E-state index in [1.165, 1.54) is 0 Å². The number of nitrogens with one attached hydrogen (secondary N) is 1. The summed E-state index contributed by atoms with van der Waals surface area (Å²) in [7, 11) is 1.66. The van der Waals surface area contributed by atoms with Crippen molar-refractivity contribution in [3.8, 4) is 28.0 Å². The van der Waals surface area contributed by atoms with Gasteiger partial charge in [0.25, 0.3) is 5.91 Å². The normalized spacial score (nSPS) is 16.6. The van der Waals surface area contributed by atoms with Crippen LogP contribution in [0.1, 0.15) is 47.9 Å². The first-order chi connectivity index (χ1) is 23.4. The van der Waals surface area contributed by atoms with Gasteiger partial charge < -0.3 is 20.7 Å². The Labute approximate surface area is 277 Å². The number of nitrogens with zero attached hydrogens (tertiary/aromatic N) is 7. The number of para-hydroxylation sites is 1. The van der Waals surface area contributed by atoms with Gasteiger partial charge in [-0.05, 0) is 43.9 Å². The van der Waals surface area contributed by atoms with Gasteiger partial charge in [-0.1, -0.05) is 24.3 Å². The number of methoxy groups -OCH3 is 1. The molecule has 1 saturated carbocycles. The monoisotopic (exact) mass is 643 g/mol. The second-order valence-corrected chi connectivity index (χ2v) is 12.9. The number of hydrogen-bond acceptors (Lipinski definition) is 9. The minimum Gasteiger partial charge on any atom is -0.495 e. The van der Waals surface area contributed by atoms with Gasteiger partial charge in [0.1, 0.15) is 23.1 Å². The zero-order chi connectivity index (χ0) is 32.8. The Morgan fingerprint density at radius 2 is 1.75 bits per heavy atom. The molecule has 0 atom stereocenters. The Bertz CT molecular complexity index is 2030. The summed E-state index contributed by atoms with van der Waals surface area (Å²) < 4.78 is 8.04. The van der Waals surface area contributed by atoms with Crippen LogP contribution in [0, 0.1) is 5.92 Å². The zero-order valence-corrected chi connectivity index (χ0v) is 26.8. The highest BCUT2D eigenvalue weighted by Crippen LogP contribution is 2.42. The second kappa shape index (κ2) is 12.3. The van der Waals surface area contributed by atoms with Crippen LogP contribution in [0.15, 0.2) is 67.3 Å². The van der Waals surface area contributed by atoms with E-state index < -0.39 is 0 Å². The van der Waals surface area contributed by atoms with Gasteiger partial charge in [-0.25, -0.2) is 15.0 Å². The zero-order valence-electron chi connectivity index (χ0n) is 26.8. The second-order valence-electron chi connectivity index (χ2n) is 12.9. The summed E-state index contributed by atoms with van der Waals surface area (Å²) >= 11 is 0. The number of carbonyl (C=O) groups excluding carboxylic acids is 2. The van der Waals surface area contributed by atoms with Gasteiger partial charge >= 0.3 is 0 Å². The fourth-order valence-electron chi connectivity index (χ4n) is 6.72. The van der Waals surface area contributed by atoms with Gasteiger partial charge in [-0.3, -0.25) is 19.2 Å². The summed E-state index contributed by atoms with van der Waals surface area (Å²) in [6.45, 7) is 3.99. The van der Waals surface area contributed by atoms with Crippen molar-refractivity contribution < 1.29 is 14.3 Å². The molecular formula is C36H37N9O3. The Morgan fingerprint density at radius 3 is 2.54 bits per heavy atom. The fraction of sp³-hybridized carbons (Fsp3) is 0.333. The molecule has 0 unspecified atom stereocenters. The number of nitrogens with two attached hydrogens (primary N) is 1. The third-order valence-electron chi connectivity index (χ3n) is 9.54. The smallest absolute Gasteiger partial charge is 0.272 e. The molecule has 4 aromatic heterocycles. The van der Waals surface area contributed by atoms with Crippen molar-refractivity contribution in [3.63, 3.8) is 0 Å². The number of amides is 2. The van der Waals surface area contributed by atoms with Gasteiger partial charge in [0.05, 0.1) is 25.0 Å². The first kappa shape index (κ1) is 30.0. The molecule has 12 heteroatoms. The lowest BCUT2D eigenvalue weighted by molar-refractivity contribution is -0.117. The van der Waals surface area contributed by atoms with Crippen molar-refractivity contribution in [2.75, 3.05) is 44.3 Å². The molecule has 1 aromatic carbocycles. The first-order valence-electron chi connectivity index (χ1n) is 16.5. The van der Waals surface area contributed by atoms with Gasteiger partial charge in [0.15, 0.2) is 0 Å². The summed E-state index contributed by atoms with van der Waals surface area (Å²) in [6, 6.07) is 13.8. The number of fused-ring (bicyclic) bond motifs is 1. The van der Waals surface area contributed by atoms with Gasteiger partial charge in [0, 0.05) is 90.3 Å². The first-order valence-corrected chi connectivity index (χ1v) is 16.5. The molecule has 0 bridgehead atoms. The van der Waals surface area contributed by atoms with Crippen molar-refractivity contribution in [1.29, 1.82) is 0 Å². The van der Waals surface area contributed by atoms with Gasteiger partial charge in [-0.15, -0.1) is 0 Å². The molecular weight excluding hydrogens is 606 g/mol. The van der Waals surface area contributed by atoms with E-state index in [1.807, 2.05) is 58.2 Å². The van der Waals surface area contributed by atoms with Crippen LogP contribution in [0.4, 0.5) is 11.6 Å². The molecule has 3 aliphatic rings. The number of rotatable bonds is 9. The highest BCUT2D eigenvalue weighted by atomic mass is 16.5. The number of carbonyl (C=O) groups is 2. The lowest BCUT2D eigenvalue weighted by Gasteiger charge is -2.39. The fourth-order valence-corrected chi connectivity index (χ4v) is 6.72. The van der Waals surface area contributed by atoms with Crippen molar-refractivity contribution in [2.45, 2.75) is 38.3 Å². The standard InChI is InChI=1S/C36H37N9O3/c1-48-33-26(7-5-8-27(33)29-16-39-34(37)30-17-38-32(14-28(29)30)42-35(46)22-10-11-22)23-15-40-45(18-23)25-20-43(21-25)19-24-6-4-9-31(41-24)36(47)44-12-2-3-13-44/h4-9,14-18,22,25H,2-3,10-13,19-21H2,1H3,(H2,37,39)(H,38,42,46). The van der Waals surface area contributed by atoms with Gasteiger partial charge in [0.2, 0.25) is 5.91 Å². The number of nitrogen functional groups attached to an aromatic ring is 1. The van der Waals surface area contributed by atoms with Crippen molar-refractivity contribution in [2.24, 2.45) is 5.92 Å². The molecule has 244 valence electrons.